The zero-order valence-electron chi connectivity index (χ0n) is 10.2. The molecule has 0 aromatic heterocycles. The Hall–Kier alpha value is -2.09. The number of nitrogens with two attached hydrogens (primary N) is 1. The molecular weight excluding hydrogens is 356 g/mol. The van der Waals surface area contributed by atoms with Gasteiger partial charge in [-0.15, -0.1) is 0 Å². The van der Waals surface area contributed by atoms with E-state index in [2.05, 4.69) is 15.9 Å². The van der Waals surface area contributed by atoms with Crippen LogP contribution in [0.5, 0.6) is 0 Å². The first-order valence-corrected chi connectivity index (χ1v) is 6.29. The molecule has 3 N–H and O–H groups in total. The summed E-state index contributed by atoms with van der Waals surface area (Å²) in [6.07, 6.45) is 0. The summed E-state index contributed by atoms with van der Waals surface area (Å²) in [6, 6.07) is 2.73. The number of anilines is 2. The predicted octanol–water partition coefficient (Wildman–Crippen LogP) is 3.84. The Bertz CT molecular complexity index is 737. The van der Waals surface area contributed by atoms with Crippen LogP contribution < -0.4 is 11.1 Å². The van der Waals surface area contributed by atoms with Crippen LogP contribution in [0.3, 0.4) is 0 Å². The molecule has 0 aliphatic carbocycles. The fraction of sp³-hybridized carbons (Fsp3) is 0. The van der Waals surface area contributed by atoms with Gasteiger partial charge in [0, 0.05) is 12.1 Å². The molecule has 8 heteroatoms. The van der Waals surface area contributed by atoms with Gasteiger partial charge in [0.25, 0.3) is 5.91 Å². The zero-order valence-corrected chi connectivity index (χ0v) is 11.8. The first-order valence-electron chi connectivity index (χ1n) is 5.50. The average Bonchev–Trinajstić information content (AvgIpc) is 2.40. The minimum Gasteiger partial charge on any atom is -0.396 e. The molecule has 0 aliphatic heterocycles. The van der Waals surface area contributed by atoms with E-state index < -0.39 is 46.1 Å². The number of benzene rings is 2. The molecule has 0 aliphatic rings. The maximum absolute atomic E-state index is 13.6. The smallest absolute Gasteiger partial charge is 0.258 e. The monoisotopic (exact) mass is 362 g/mol. The lowest BCUT2D eigenvalue weighted by atomic mass is 10.1. The van der Waals surface area contributed by atoms with E-state index >= 15 is 0 Å². The van der Waals surface area contributed by atoms with Crippen molar-refractivity contribution in [2.45, 2.75) is 0 Å². The molecule has 0 spiro atoms. The molecule has 21 heavy (non-hydrogen) atoms. The highest BCUT2D eigenvalue weighted by molar-refractivity contribution is 9.10. The number of hydrogen-bond donors (Lipinski definition) is 2. The van der Waals surface area contributed by atoms with Crippen molar-refractivity contribution in [3.8, 4) is 0 Å². The van der Waals surface area contributed by atoms with Gasteiger partial charge in [-0.2, -0.15) is 0 Å². The summed E-state index contributed by atoms with van der Waals surface area (Å²) >= 11 is 2.77. The number of carbonyl (C=O) groups is 1. The Morgan fingerprint density at radius 3 is 2.29 bits per heavy atom. The number of amides is 1. The average molecular weight is 363 g/mol. The number of hydrogen-bond acceptors (Lipinski definition) is 2. The number of nitrogens with one attached hydrogen (secondary N) is 1. The van der Waals surface area contributed by atoms with Crippen molar-refractivity contribution < 1.29 is 22.4 Å². The van der Waals surface area contributed by atoms with E-state index in [-0.39, 0.29) is 4.47 Å². The van der Waals surface area contributed by atoms with Crippen LogP contribution >= 0.6 is 15.9 Å². The molecule has 2 rings (SSSR count). The number of halogens is 5. The lowest BCUT2D eigenvalue weighted by molar-refractivity contribution is 0.102. The van der Waals surface area contributed by atoms with Gasteiger partial charge >= 0.3 is 0 Å². The lowest BCUT2D eigenvalue weighted by Crippen LogP contribution is -2.16. The van der Waals surface area contributed by atoms with E-state index in [1.54, 1.807) is 0 Å². The molecular formula is C13H7BrF4N2O. The minimum absolute atomic E-state index is 0.129. The van der Waals surface area contributed by atoms with E-state index in [9.17, 15) is 22.4 Å². The van der Waals surface area contributed by atoms with E-state index in [0.29, 0.717) is 6.07 Å². The molecule has 2 aromatic rings. The first-order chi connectivity index (χ1) is 9.79. The van der Waals surface area contributed by atoms with E-state index in [1.807, 2.05) is 5.32 Å². The summed E-state index contributed by atoms with van der Waals surface area (Å²) < 4.78 is 53.2. The van der Waals surface area contributed by atoms with Gasteiger partial charge in [-0.1, -0.05) is 0 Å². The van der Waals surface area contributed by atoms with Crippen LogP contribution in [0.1, 0.15) is 10.4 Å². The standard InChI is InChI=1S/C13H7BrF4N2O/c14-6-2-10(18)12(4-8(6)16)20-13(21)5-1-11(19)9(17)3-7(5)15/h1-4H,19H2,(H,20,21). The van der Waals surface area contributed by atoms with Gasteiger partial charge in [0.1, 0.15) is 23.3 Å². The third-order valence-corrected chi connectivity index (χ3v) is 3.20. The summed E-state index contributed by atoms with van der Waals surface area (Å²) in [6.45, 7) is 0. The summed E-state index contributed by atoms with van der Waals surface area (Å²) in [5.74, 6) is -5.01. The van der Waals surface area contributed by atoms with Gasteiger partial charge in [0.15, 0.2) is 0 Å². The Morgan fingerprint density at radius 1 is 0.952 bits per heavy atom. The summed E-state index contributed by atoms with van der Waals surface area (Å²) in [4.78, 5) is 11.8. The van der Waals surface area contributed by atoms with Crippen molar-refractivity contribution in [2.75, 3.05) is 11.1 Å². The second-order valence-corrected chi connectivity index (χ2v) is 4.91. The van der Waals surface area contributed by atoms with Crippen LogP contribution in [0, 0.1) is 23.3 Å². The third kappa shape index (κ3) is 3.15. The second-order valence-electron chi connectivity index (χ2n) is 4.05. The van der Waals surface area contributed by atoms with Crippen LogP contribution in [0.4, 0.5) is 28.9 Å². The topological polar surface area (TPSA) is 55.1 Å². The third-order valence-electron chi connectivity index (χ3n) is 2.59. The van der Waals surface area contributed by atoms with Crippen LogP contribution in [0.15, 0.2) is 28.7 Å². The van der Waals surface area contributed by atoms with Crippen molar-refractivity contribution in [2.24, 2.45) is 0 Å². The number of nitrogen functional groups attached to an aromatic ring is 1. The number of carbonyl (C=O) groups excluding carboxylic acids is 1. The minimum atomic E-state index is -1.17. The highest BCUT2D eigenvalue weighted by atomic mass is 79.9. The van der Waals surface area contributed by atoms with Gasteiger partial charge in [0.05, 0.1) is 21.4 Å². The van der Waals surface area contributed by atoms with Gasteiger partial charge in [0.2, 0.25) is 0 Å². The Morgan fingerprint density at radius 2 is 1.62 bits per heavy atom. The molecule has 2 aromatic carbocycles. The highest BCUT2D eigenvalue weighted by Gasteiger charge is 2.17. The van der Waals surface area contributed by atoms with Crippen LogP contribution in [0.2, 0.25) is 0 Å². The molecule has 0 bridgehead atoms. The molecule has 0 saturated carbocycles. The predicted molar refractivity (Wildman–Crippen MR) is 72.8 cm³/mol. The molecule has 0 heterocycles. The zero-order chi connectivity index (χ0) is 15.7. The highest BCUT2D eigenvalue weighted by Crippen LogP contribution is 2.24. The Balaban J connectivity index is 2.35. The van der Waals surface area contributed by atoms with Gasteiger partial charge in [-0.3, -0.25) is 4.79 Å². The largest absolute Gasteiger partial charge is 0.396 e. The van der Waals surface area contributed by atoms with Crippen molar-refractivity contribution in [3.05, 3.63) is 57.6 Å². The summed E-state index contributed by atoms with van der Waals surface area (Å²) in [5.41, 5.74) is 3.72. The molecule has 1 amide bonds. The fourth-order valence-corrected chi connectivity index (χ4v) is 1.86. The molecule has 110 valence electrons. The van der Waals surface area contributed by atoms with Crippen molar-refractivity contribution in [1.82, 2.24) is 0 Å². The maximum Gasteiger partial charge on any atom is 0.258 e. The Labute approximate surface area is 124 Å². The van der Waals surface area contributed by atoms with Gasteiger partial charge in [-0.05, 0) is 28.1 Å². The molecule has 0 saturated heterocycles. The van der Waals surface area contributed by atoms with Crippen molar-refractivity contribution in [3.63, 3.8) is 0 Å². The molecule has 0 atom stereocenters. The second kappa shape index (κ2) is 5.72. The van der Waals surface area contributed by atoms with E-state index in [1.165, 1.54) is 0 Å². The van der Waals surface area contributed by atoms with Crippen molar-refractivity contribution >= 4 is 33.2 Å². The molecule has 0 unspecified atom stereocenters. The van der Waals surface area contributed by atoms with Gasteiger partial charge in [-0.25, -0.2) is 17.6 Å². The summed E-state index contributed by atoms with van der Waals surface area (Å²) in [7, 11) is 0. The van der Waals surface area contributed by atoms with Crippen molar-refractivity contribution in [1.29, 1.82) is 0 Å². The Kier molecular flexibility index (Phi) is 4.17. The lowest BCUT2D eigenvalue weighted by Gasteiger charge is -2.09. The first kappa shape index (κ1) is 15.3. The van der Waals surface area contributed by atoms with Crippen LogP contribution in [-0.2, 0) is 0 Å². The molecule has 3 nitrogen and oxygen atoms in total. The normalized spacial score (nSPS) is 10.5. The van der Waals surface area contributed by atoms with E-state index in [4.69, 9.17) is 5.73 Å². The SMILES string of the molecule is Nc1cc(C(=O)Nc2cc(F)c(Br)cc2F)c(F)cc1F. The number of rotatable bonds is 2. The quantitative estimate of drug-likeness (QED) is 0.484. The van der Waals surface area contributed by atoms with Gasteiger partial charge < -0.3 is 11.1 Å². The maximum atomic E-state index is 13.6. The van der Waals surface area contributed by atoms with E-state index in [0.717, 1.165) is 18.2 Å². The molecule has 0 radical (unpaired) electrons. The molecule has 0 fully saturated rings. The fourth-order valence-electron chi connectivity index (χ4n) is 1.55. The van der Waals surface area contributed by atoms with Crippen LogP contribution in [-0.4, -0.2) is 5.91 Å². The summed E-state index contributed by atoms with van der Waals surface area (Å²) in [5, 5.41) is 1.99. The van der Waals surface area contributed by atoms with Crippen LogP contribution in [0.25, 0.3) is 0 Å².